The van der Waals surface area contributed by atoms with E-state index in [0.717, 1.165) is 18.6 Å². The summed E-state index contributed by atoms with van der Waals surface area (Å²) in [5.41, 5.74) is 2.69. The number of hydrogen-bond donors (Lipinski definition) is 1. The predicted octanol–water partition coefficient (Wildman–Crippen LogP) is 7.90. The maximum Gasteiger partial charge on any atom is 0.234 e. The Morgan fingerprint density at radius 2 is 1.31 bits per heavy atom. The van der Waals surface area contributed by atoms with E-state index in [-0.39, 0.29) is 5.75 Å². The molecular formula is C30H53NO4S. The van der Waals surface area contributed by atoms with Crippen LogP contribution in [0.2, 0.25) is 0 Å². The predicted molar refractivity (Wildman–Crippen MR) is 152 cm³/mol. The van der Waals surface area contributed by atoms with Gasteiger partial charge >= 0.3 is 0 Å². The van der Waals surface area contributed by atoms with Crippen LogP contribution in [0.4, 0.5) is 0 Å². The molecule has 0 saturated heterocycles. The van der Waals surface area contributed by atoms with Gasteiger partial charge in [-0.2, -0.15) is 0 Å². The minimum atomic E-state index is -3.54. The molecule has 1 N–H and O–H groups in total. The van der Waals surface area contributed by atoms with E-state index in [9.17, 15) is 13.2 Å². The van der Waals surface area contributed by atoms with Crippen molar-refractivity contribution in [3.05, 3.63) is 29.3 Å². The first-order valence-electron chi connectivity index (χ1n) is 14.6. The summed E-state index contributed by atoms with van der Waals surface area (Å²) in [4.78, 5) is 11.0. The molecule has 0 heterocycles. The minimum absolute atomic E-state index is 0.0573. The Morgan fingerprint density at radius 1 is 0.750 bits per heavy atom. The zero-order valence-electron chi connectivity index (χ0n) is 23.4. The van der Waals surface area contributed by atoms with Crippen LogP contribution in [0.5, 0.6) is 5.75 Å². The number of ether oxygens (including phenoxy) is 1. The van der Waals surface area contributed by atoms with Gasteiger partial charge in [0.25, 0.3) is 0 Å². The van der Waals surface area contributed by atoms with Crippen LogP contribution in [0.15, 0.2) is 18.2 Å². The fourth-order valence-electron chi connectivity index (χ4n) is 4.53. The van der Waals surface area contributed by atoms with Crippen LogP contribution in [0, 0.1) is 0 Å². The molecule has 0 saturated carbocycles. The lowest BCUT2D eigenvalue weighted by Crippen LogP contribution is -2.30. The molecular weight excluding hydrogens is 470 g/mol. The zero-order valence-corrected chi connectivity index (χ0v) is 24.2. The summed E-state index contributed by atoms with van der Waals surface area (Å²) >= 11 is 0. The quantitative estimate of drug-likeness (QED) is 0.148. The van der Waals surface area contributed by atoms with Gasteiger partial charge in [0.1, 0.15) is 5.75 Å². The average Bonchev–Trinajstić information content (AvgIpc) is 2.82. The number of nitrogens with one attached hydrogen (secondary N) is 1. The van der Waals surface area contributed by atoms with Gasteiger partial charge in [0.05, 0.1) is 12.4 Å². The molecule has 0 atom stereocenters. The van der Waals surface area contributed by atoms with Gasteiger partial charge in [-0.1, -0.05) is 103 Å². The summed E-state index contributed by atoms with van der Waals surface area (Å²) in [7, 11) is -3.54. The highest BCUT2D eigenvalue weighted by atomic mass is 32.2. The van der Waals surface area contributed by atoms with E-state index in [1.54, 1.807) is 0 Å². The summed E-state index contributed by atoms with van der Waals surface area (Å²) in [6.07, 6.45) is 21.5. The number of carbonyl (C=O) groups is 1. The maximum atomic E-state index is 11.8. The molecule has 1 aromatic carbocycles. The Kier molecular flexibility index (Phi) is 18.5. The van der Waals surface area contributed by atoms with Crippen molar-refractivity contribution in [1.82, 2.24) is 4.72 Å². The normalized spacial score (nSPS) is 11.5. The average molecular weight is 524 g/mol. The van der Waals surface area contributed by atoms with Gasteiger partial charge in [-0.15, -0.1) is 0 Å². The van der Waals surface area contributed by atoms with Crippen molar-refractivity contribution in [1.29, 1.82) is 0 Å². The molecule has 6 heteroatoms. The summed E-state index contributed by atoms with van der Waals surface area (Å²) in [6, 6.07) is 6.65. The molecule has 0 aliphatic heterocycles. The fraction of sp³-hybridized carbons (Fsp3) is 0.767. The molecule has 1 rings (SSSR count). The molecule has 0 bridgehead atoms. The van der Waals surface area contributed by atoms with E-state index < -0.39 is 15.9 Å². The first kappa shape index (κ1) is 32.5. The first-order chi connectivity index (χ1) is 17.4. The molecule has 0 aliphatic rings. The Bertz CT molecular complexity index is 807. The highest BCUT2D eigenvalue weighted by Gasteiger charge is 2.11. The number of aryl methyl sites for hydroxylation is 2. The van der Waals surface area contributed by atoms with Gasteiger partial charge in [-0.05, 0) is 55.7 Å². The Morgan fingerprint density at radius 3 is 1.89 bits per heavy atom. The largest absolute Gasteiger partial charge is 0.493 e. The van der Waals surface area contributed by atoms with Gasteiger partial charge < -0.3 is 4.74 Å². The van der Waals surface area contributed by atoms with Crippen molar-refractivity contribution in [3.63, 3.8) is 0 Å². The minimum Gasteiger partial charge on any atom is -0.493 e. The zero-order chi connectivity index (χ0) is 26.5. The number of unbranched alkanes of at least 4 members (excludes halogenated alkanes) is 13. The molecule has 0 radical (unpaired) electrons. The van der Waals surface area contributed by atoms with Gasteiger partial charge in [0.2, 0.25) is 15.9 Å². The number of sulfonamides is 1. The smallest absolute Gasteiger partial charge is 0.234 e. The van der Waals surface area contributed by atoms with Crippen molar-refractivity contribution in [2.75, 3.05) is 12.4 Å². The number of benzene rings is 1. The van der Waals surface area contributed by atoms with Crippen LogP contribution < -0.4 is 9.46 Å². The molecule has 0 aromatic heterocycles. The molecule has 0 fully saturated rings. The summed E-state index contributed by atoms with van der Waals surface area (Å²) < 4.78 is 31.7. The van der Waals surface area contributed by atoms with Crippen LogP contribution >= 0.6 is 0 Å². The highest BCUT2D eigenvalue weighted by molar-refractivity contribution is 7.90. The van der Waals surface area contributed by atoms with E-state index in [4.69, 9.17) is 4.74 Å². The topological polar surface area (TPSA) is 72.5 Å². The molecule has 0 aliphatic carbocycles. The molecule has 0 spiro atoms. The molecule has 5 nitrogen and oxygen atoms in total. The second-order valence-electron chi connectivity index (χ2n) is 10.2. The van der Waals surface area contributed by atoms with Gasteiger partial charge in [-0.3, -0.25) is 9.52 Å². The van der Waals surface area contributed by atoms with Crippen molar-refractivity contribution in [3.8, 4) is 5.75 Å². The van der Waals surface area contributed by atoms with E-state index in [1.807, 2.05) is 4.72 Å². The number of carbonyl (C=O) groups excluding carboxylic acids is 1. The van der Waals surface area contributed by atoms with E-state index in [1.165, 1.54) is 108 Å². The Balaban J connectivity index is 2.53. The van der Waals surface area contributed by atoms with E-state index >= 15 is 0 Å². The Hall–Kier alpha value is -1.56. The van der Waals surface area contributed by atoms with Gasteiger partial charge in [0.15, 0.2) is 0 Å². The second kappa shape index (κ2) is 20.5. The molecule has 36 heavy (non-hydrogen) atoms. The SMILES string of the molecule is CCCCCCCCCc1ccc(OCCCCS(=O)(=O)NC(C)=O)c(CCCCCCCCC)c1. The van der Waals surface area contributed by atoms with Crippen molar-refractivity contribution in [2.24, 2.45) is 0 Å². The fourth-order valence-corrected chi connectivity index (χ4v) is 5.65. The van der Waals surface area contributed by atoms with E-state index in [0.29, 0.717) is 19.4 Å². The molecule has 1 amide bonds. The Labute approximate surface area is 222 Å². The summed E-state index contributed by atoms with van der Waals surface area (Å²) in [5.74, 6) is 0.338. The van der Waals surface area contributed by atoms with Crippen molar-refractivity contribution in [2.45, 2.75) is 136 Å². The first-order valence-corrected chi connectivity index (χ1v) is 16.3. The lowest BCUT2D eigenvalue weighted by Gasteiger charge is -2.14. The van der Waals surface area contributed by atoms with Gasteiger partial charge in [0, 0.05) is 6.92 Å². The van der Waals surface area contributed by atoms with Gasteiger partial charge in [-0.25, -0.2) is 8.42 Å². The standard InChI is InChI=1S/C30H53NO4S/c1-4-6-8-10-12-14-16-20-28-22-23-30(29(26-28)21-17-15-13-11-9-7-5-2)35-24-18-19-25-36(33,34)31-27(3)32/h22-23,26H,4-21,24-25H2,1-3H3,(H,31,32). The van der Waals surface area contributed by atoms with Crippen LogP contribution in [-0.4, -0.2) is 26.7 Å². The molecule has 1 aromatic rings. The lowest BCUT2D eigenvalue weighted by molar-refractivity contribution is -0.117. The van der Waals surface area contributed by atoms with Crippen LogP contribution in [0.1, 0.15) is 135 Å². The van der Waals surface area contributed by atoms with Crippen molar-refractivity contribution >= 4 is 15.9 Å². The van der Waals surface area contributed by atoms with Crippen LogP contribution in [-0.2, 0) is 27.7 Å². The number of hydrogen-bond acceptors (Lipinski definition) is 4. The third kappa shape index (κ3) is 17.0. The maximum absolute atomic E-state index is 11.8. The third-order valence-electron chi connectivity index (χ3n) is 6.61. The third-order valence-corrected chi connectivity index (χ3v) is 8.03. The highest BCUT2D eigenvalue weighted by Crippen LogP contribution is 2.24. The lowest BCUT2D eigenvalue weighted by atomic mass is 9.99. The van der Waals surface area contributed by atoms with Crippen LogP contribution in [0.25, 0.3) is 0 Å². The number of rotatable bonds is 23. The number of amides is 1. The van der Waals surface area contributed by atoms with Crippen LogP contribution in [0.3, 0.4) is 0 Å². The van der Waals surface area contributed by atoms with E-state index in [2.05, 4.69) is 32.0 Å². The molecule has 0 unspecified atom stereocenters. The van der Waals surface area contributed by atoms with Crippen molar-refractivity contribution < 1.29 is 17.9 Å². The second-order valence-corrected chi connectivity index (χ2v) is 12.1. The summed E-state index contributed by atoms with van der Waals surface area (Å²) in [6.45, 7) is 6.21. The molecule has 208 valence electrons. The monoisotopic (exact) mass is 523 g/mol. The summed E-state index contributed by atoms with van der Waals surface area (Å²) in [5, 5.41) is 0.